The molecule has 9 heteroatoms. The number of piperazine rings is 1. The standard InChI is InChI=1S/C18H22F3N3O2S/c19-18(20,21)14-3-1-2-13(10-14)12-24-5-4-22-17(26)15(24)11-16(25)23-6-8-27-9-7-23/h1-3,10,15H,4-9,11-12H2,(H,22,26). The van der Waals surface area contributed by atoms with Crippen LogP contribution in [0.3, 0.4) is 0 Å². The summed E-state index contributed by atoms with van der Waals surface area (Å²) >= 11 is 1.79. The highest BCUT2D eigenvalue weighted by Gasteiger charge is 2.34. The fourth-order valence-electron chi connectivity index (χ4n) is 3.36. The third-order valence-electron chi connectivity index (χ3n) is 4.81. The Morgan fingerprint density at radius 2 is 1.96 bits per heavy atom. The Labute approximate surface area is 160 Å². The van der Waals surface area contributed by atoms with E-state index in [2.05, 4.69) is 5.32 Å². The molecule has 0 saturated carbocycles. The average Bonchev–Trinajstić information content (AvgIpc) is 2.65. The van der Waals surface area contributed by atoms with E-state index in [4.69, 9.17) is 0 Å². The molecule has 1 N–H and O–H groups in total. The van der Waals surface area contributed by atoms with Crippen molar-refractivity contribution in [2.24, 2.45) is 0 Å². The van der Waals surface area contributed by atoms with Crippen LogP contribution >= 0.6 is 11.8 Å². The van der Waals surface area contributed by atoms with E-state index in [0.29, 0.717) is 31.7 Å². The minimum Gasteiger partial charge on any atom is -0.353 e. The first kappa shape index (κ1) is 20.0. The van der Waals surface area contributed by atoms with Crippen LogP contribution in [0.2, 0.25) is 0 Å². The van der Waals surface area contributed by atoms with Crippen molar-refractivity contribution in [3.05, 3.63) is 35.4 Å². The molecule has 0 bridgehead atoms. The molecule has 27 heavy (non-hydrogen) atoms. The first-order valence-electron chi connectivity index (χ1n) is 8.88. The van der Waals surface area contributed by atoms with Gasteiger partial charge in [-0.1, -0.05) is 18.2 Å². The van der Waals surface area contributed by atoms with Crippen LogP contribution in [0.25, 0.3) is 0 Å². The first-order valence-corrected chi connectivity index (χ1v) is 10.0. The molecule has 2 saturated heterocycles. The molecule has 5 nitrogen and oxygen atoms in total. The van der Waals surface area contributed by atoms with Crippen LogP contribution in [0.1, 0.15) is 17.5 Å². The summed E-state index contributed by atoms with van der Waals surface area (Å²) in [7, 11) is 0. The van der Waals surface area contributed by atoms with Crippen molar-refractivity contribution < 1.29 is 22.8 Å². The third-order valence-corrected chi connectivity index (χ3v) is 5.76. The van der Waals surface area contributed by atoms with Gasteiger partial charge in [-0.2, -0.15) is 24.9 Å². The van der Waals surface area contributed by atoms with Crippen molar-refractivity contribution in [2.75, 3.05) is 37.7 Å². The number of nitrogens with one attached hydrogen (secondary N) is 1. The molecule has 3 rings (SSSR count). The smallest absolute Gasteiger partial charge is 0.353 e. The van der Waals surface area contributed by atoms with Crippen LogP contribution in [0.4, 0.5) is 13.2 Å². The summed E-state index contributed by atoms with van der Waals surface area (Å²) in [6.07, 6.45) is -4.35. The molecule has 1 aromatic rings. The number of rotatable bonds is 4. The van der Waals surface area contributed by atoms with Gasteiger partial charge in [0.15, 0.2) is 0 Å². The Morgan fingerprint density at radius 1 is 1.22 bits per heavy atom. The highest BCUT2D eigenvalue weighted by Crippen LogP contribution is 2.30. The average molecular weight is 401 g/mol. The van der Waals surface area contributed by atoms with Crippen LogP contribution in [0.15, 0.2) is 24.3 Å². The SMILES string of the molecule is O=C1NCCN(Cc2cccc(C(F)(F)F)c2)C1CC(=O)N1CCSCC1. The van der Waals surface area contributed by atoms with Gasteiger partial charge in [0.2, 0.25) is 11.8 Å². The van der Waals surface area contributed by atoms with Crippen LogP contribution in [-0.2, 0) is 22.3 Å². The summed E-state index contributed by atoms with van der Waals surface area (Å²) in [6, 6.07) is 4.46. The maximum absolute atomic E-state index is 12.9. The number of carbonyl (C=O) groups excluding carboxylic acids is 2. The highest BCUT2D eigenvalue weighted by atomic mass is 32.2. The molecule has 2 aliphatic heterocycles. The van der Waals surface area contributed by atoms with E-state index in [-0.39, 0.29) is 24.8 Å². The predicted molar refractivity (Wildman–Crippen MR) is 97.2 cm³/mol. The maximum Gasteiger partial charge on any atom is 0.416 e. The molecular weight excluding hydrogens is 379 g/mol. The zero-order valence-corrected chi connectivity index (χ0v) is 15.6. The lowest BCUT2D eigenvalue weighted by molar-refractivity contribution is -0.139. The lowest BCUT2D eigenvalue weighted by atomic mass is 10.0. The number of hydrogen-bond acceptors (Lipinski definition) is 4. The predicted octanol–water partition coefficient (Wildman–Crippen LogP) is 1.97. The molecule has 2 heterocycles. The second kappa shape index (κ2) is 8.52. The van der Waals surface area contributed by atoms with Gasteiger partial charge in [-0.05, 0) is 11.6 Å². The van der Waals surface area contributed by atoms with Gasteiger partial charge in [0.05, 0.1) is 18.0 Å². The number of halogens is 3. The highest BCUT2D eigenvalue weighted by molar-refractivity contribution is 7.99. The molecule has 2 amide bonds. The van der Waals surface area contributed by atoms with E-state index in [1.165, 1.54) is 6.07 Å². The third kappa shape index (κ3) is 5.16. The molecule has 0 spiro atoms. The van der Waals surface area contributed by atoms with E-state index < -0.39 is 17.8 Å². The fourth-order valence-corrected chi connectivity index (χ4v) is 4.26. The number of thioether (sulfide) groups is 1. The molecule has 1 unspecified atom stereocenters. The molecule has 2 aliphatic rings. The first-order chi connectivity index (χ1) is 12.8. The van der Waals surface area contributed by atoms with E-state index in [1.54, 1.807) is 27.6 Å². The van der Waals surface area contributed by atoms with E-state index in [0.717, 1.165) is 23.6 Å². The van der Waals surface area contributed by atoms with Crippen LogP contribution in [0, 0.1) is 0 Å². The Kier molecular flexibility index (Phi) is 6.31. The van der Waals surface area contributed by atoms with Crippen molar-refractivity contribution >= 4 is 23.6 Å². The maximum atomic E-state index is 12.9. The van der Waals surface area contributed by atoms with Crippen LogP contribution in [0.5, 0.6) is 0 Å². The van der Waals surface area contributed by atoms with Crippen molar-refractivity contribution in [2.45, 2.75) is 25.2 Å². The molecule has 1 atom stereocenters. The molecule has 0 radical (unpaired) electrons. The zero-order valence-electron chi connectivity index (χ0n) is 14.8. The van der Waals surface area contributed by atoms with Gasteiger partial charge < -0.3 is 10.2 Å². The number of hydrogen-bond donors (Lipinski definition) is 1. The lowest BCUT2D eigenvalue weighted by Gasteiger charge is -2.36. The van der Waals surface area contributed by atoms with Gasteiger partial charge in [-0.15, -0.1) is 0 Å². The summed E-state index contributed by atoms with van der Waals surface area (Å²) in [5.74, 6) is 1.45. The van der Waals surface area contributed by atoms with Gasteiger partial charge in [-0.25, -0.2) is 0 Å². The molecule has 1 aromatic carbocycles. The molecule has 0 aliphatic carbocycles. The van der Waals surface area contributed by atoms with Crippen molar-refractivity contribution in [3.8, 4) is 0 Å². The second-order valence-corrected chi connectivity index (χ2v) is 7.90. The summed E-state index contributed by atoms with van der Waals surface area (Å²) in [5.41, 5.74) is -0.230. The van der Waals surface area contributed by atoms with E-state index in [1.807, 2.05) is 0 Å². The van der Waals surface area contributed by atoms with Gasteiger partial charge in [0.25, 0.3) is 0 Å². The lowest BCUT2D eigenvalue weighted by Crippen LogP contribution is -2.56. The molecular formula is C18H22F3N3O2S. The van der Waals surface area contributed by atoms with Crippen molar-refractivity contribution in [1.29, 1.82) is 0 Å². The van der Waals surface area contributed by atoms with E-state index in [9.17, 15) is 22.8 Å². The summed E-state index contributed by atoms with van der Waals surface area (Å²) in [5, 5.41) is 2.76. The minimum absolute atomic E-state index is 0.0511. The second-order valence-electron chi connectivity index (χ2n) is 6.67. The molecule has 2 fully saturated rings. The minimum atomic E-state index is -4.41. The molecule has 148 valence electrons. The Morgan fingerprint density at radius 3 is 2.67 bits per heavy atom. The zero-order chi connectivity index (χ0) is 19.4. The Hall–Kier alpha value is -1.74. The number of benzene rings is 1. The Balaban J connectivity index is 1.70. The Bertz CT molecular complexity index is 693. The molecule has 0 aromatic heterocycles. The number of alkyl halides is 3. The quantitative estimate of drug-likeness (QED) is 0.838. The normalized spacial score (nSPS) is 21.8. The van der Waals surface area contributed by atoms with E-state index >= 15 is 0 Å². The van der Waals surface area contributed by atoms with Gasteiger partial charge in [0.1, 0.15) is 0 Å². The number of amides is 2. The van der Waals surface area contributed by atoms with Gasteiger partial charge in [-0.3, -0.25) is 14.5 Å². The number of nitrogens with zero attached hydrogens (tertiary/aromatic N) is 2. The van der Waals surface area contributed by atoms with Crippen molar-refractivity contribution in [1.82, 2.24) is 15.1 Å². The van der Waals surface area contributed by atoms with Gasteiger partial charge in [0, 0.05) is 44.2 Å². The fraction of sp³-hybridized carbons (Fsp3) is 0.556. The topological polar surface area (TPSA) is 52.7 Å². The summed E-state index contributed by atoms with van der Waals surface area (Å²) in [6.45, 7) is 2.46. The van der Waals surface area contributed by atoms with Crippen LogP contribution in [-0.4, -0.2) is 65.3 Å². The van der Waals surface area contributed by atoms with Gasteiger partial charge >= 0.3 is 6.18 Å². The van der Waals surface area contributed by atoms with Crippen molar-refractivity contribution in [3.63, 3.8) is 0 Å². The monoisotopic (exact) mass is 401 g/mol. The summed E-state index contributed by atoms with van der Waals surface area (Å²) in [4.78, 5) is 28.4. The number of carbonyl (C=O) groups is 2. The summed E-state index contributed by atoms with van der Waals surface area (Å²) < 4.78 is 38.8. The largest absolute Gasteiger partial charge is 0.416 e. The van der Waals surface area contributed by atoms with Crippen LogP contribution < -0.4 is 5.32 Å².